The van der Waals surface area contributed by atoms with E-state index in [9.17, 15) is 14.4 Å². The lowest BCUT2D eigenvalue weighted by atomic mass is 9.61. The van der Waals surface area contributed by atoms with Crippen molar-refractivity contribution in [2.45, 2.75) is 446 Å². The minimum Gasteiger partial charge on any atom is -0.413 e. The van der Waals surface area contributed by atoms with Crippen LogP contribution in [0.5, 0.6) is 0 Å². The van der Waals surface area contributed by atoms with Crippen LogP contribution in [0, 0.1) is 69.5 Å². The molecule has 1 amide bonds. The minimum absolute atomic E-state index is 0.000886. The van der Waals surface area contributed by atoms with Crippen LogP contribution in [-0.2, 0) is 45.8 Å². The number of likely N-dealkylation sites (N-methyl/N-ethyl adjacent to an activating group) is 1. The van der Waals surface area contributed by atoms with Crippen molar-refractivity contribution in [3.05, 3.63) is 119 Å². The molecule has 0 aromatic rings. The molecule has 0 saturated heterocycles. The van der Waals surface area contributed by atoms with Gasteiger partial charge in [0.2, 0.25) is 0 Å². The van der Waals surface area contributed by atoms with Crippen molar-refractivity contribution in [2.24, 2.45) is 69.5 Å². The molecule has 9 fully saturated rings. The first-order valence-corrected chi connectivity index (χ1v) is 66.2. The number of allylic oxidation sites excluding steroid dienone is 10. The lowest BCUT2D eigenvalue weighted by Gasteiger charge is -2.45. The van der Waals surface area contributed by atoms with Gasteiger partial charge in [0.25, 0.3) is 5.91 Å². The number of hydrogen-bond donors (Lipinski definition) is 0. The van der Waals surface area contributed by atoms with E-state index in [1.807, 2.05) is 0 Å². The van der Waals surface area contributed by atoms with Gasteiger partial charge in [-0.15, -0.1) is 0 Å². The van der Waals surface area contributed by atoms with Gasteiger partial charge in [0.15, 0.2) is 49.9 Å². The van der Waals surface area contributed by atoms with Gasteiger partial charge in [0.1, 0.15) is 12.6 Å². The summed E-state index contributed by atoms with van der Waals surface area (Å²) < 4.78 is 42.2. The second-order valence-electron chi connectivity index (χ2n) is 50.3. The molecule has 17 heteroatoms. The van der Waals surface area contributed by atoms with E-state index < -0.39 is 49.9 Å². The van der Waals surface area contributed by atoms with E-state index in [2.05, 4.69) is 307 Å². The zero-order valence-electron chi connectivity index (χ0n) is 86.4. The average Bonchev–Trinajstić information content (AvgIpc) is 1.66. The number of hydroxylamine groups is 2. The number of fused-ring (bicyclic) bond motifs is 3. The zero-order valence-corrected chi connectivity index (χ0v) is 92.4. The summed E-state index contributed by atoms with van der Waals surface area (Å²) in [7, 11) is -8.54. The summed E-state index contributed by atoms with van der Waals surface area (Å²) >= 11 is 0. The van der Waals surface area contributed by atoms with Crippen molar-refractivity contribution in [3.63, 3.8) is 0 Å². The first-order chi connectivity index (χ1) is 56.0. The summed E-state index contributed by atoms with van der Waals surface area (Å²) in [5.41, 5.74) is 12.9. The number of carbonyl (C=O) groups is 3. The molecule has 0 N–H and O–H groups in total. The van der Waals surface area contributed by atoms with Crippen molar-refractivity contribution in [1.82, 2.24) is 5.06 Å². The lowest BCUT2D eigenvalue weighted by Crippen LogP contribution is -2.49. The normalized spacial score (nSPS) is 32.9. The molecule has 9 aliphatic rings. The maximum atomic E-state index is 12.3. The summed E-state index contributed by atoms with van der Waals surface area (Å²) in [6.07, 6.45) is 44.7. The molecule has 9 aliphatic carbocycles. The Morgan fingerprint density at radius 2 is 0.626 bits per heavy atom. The fourth-order valence-corrected chi connectivity index (χ4v) is 29.5. The Labute approximate surface area is 762 Å². The summed E-state index contributed by atoms with van der Waals surface area (Å²) in [5.74, 6) is 3.86. The highest BCUT2D eigenvalue weighted by Crippen LogP contribution is 2.63. The van der Waals surface area contributed by atoms with Crippen LogP contribution in [0.4, 0.5) is 0 Å². The molecule has 0 bridgehead atoms. The Kier molecular flexibility index (Phi) is 35.2. The van der Waals surface area contributed by atoms with Crippen LogP contribution in [0.15, 0.2) is 119 Å². The quantitative estimate of drug-likeness (QED) is 0.0423. The Hall–Kier alpha value is -2.77. The van der Waals surface area contributed by atoms with Crippen LogP contribution in [-0.4, -0.2) is 124 Å². The fourth-order valence-electron chi connectivity index (χ4n) is 21.5. The van der Waals surface area contributed by atoms with Gasteiger partial charge in [0, 0.05) is 44.2 Å². The van der Waals surface area contributed by atoms with Crippen molar-refractivity contribution in [1.29, 1.82) is 0 Å². The largest absolute Gasteiger partial charge is 0.413 e. The third-order valence-corrected chi connectivity index (χ3v) is 62.8. The van der Waals surface area contributed by atoms with Crippen LogP contribution >= 0.6 is 0 Å². The smallest absolute Gasteiger partial charge is 0.269 e. The molecule has 0 spiro atoms. The van der Waals surface area contributed by atoms with Gasteiger partial charge < -0.3 is 36.1 Å². The molecular formula is C106H187NO10Si6. The van der Waals surface area contributed by atoms with E-state index in [0.29, 0.717) is 41.4 Å². The van der Waals surface area contributed by atoms with Crippen LogP contribution in [0.1, 0.15) is 301 Å². The molecule has 18 atom stereocenters. The first kappa shape index (κ1) is 107. The zero-order chi connectivity index (χ0) is 93.4. The summed E-state index contributed by atoms with van der Waals surface area (Å²) in [4.78, 5) is 40.8. The molecule has 123 heavy (non-hydrogen) atoms. The number of aldehydes is 2. The van der Waals surface area contributed by atoms with E-state index in [0.717, 1.165) is 55.2 Å². The molecule has 9 rings (SSSR count). The third-order valence-electron chi connectivity index (χ3n) is 35.8. The van der Waals surface area contributed by atoms with Crippen LogP contribution in [0.2, 0.25) is 109 Å². The number of rotatable bonds is 23. The Bertz CT molecular complexity index is 3760. The van der Waals surface area contributed by atoms with Gasteiger partial charge in [-0.1, -0.05) is 245 Å². The van der Waals surface area contributed by atoms with E-state index in [4.69, 9.17) is 31.4 Å². The number of nitrogens with zero attached hydrogens (tertiary/aromatic N) is 1. The highest BCUT2D eigenvalue weighted by Gasteiger charge is 2.56. The molecule has 11 nitrogen and oxygen atoms in total. The maximum absolute atomic E-state index is 12.3. The molecule has 0 aromatic heterocycles. The highest BCUT2D eigenvalue weighted by atomic mass is 28.4. The molecule has 700 valence electrons. The lowest BCUT2D eigenvalue weighted by molar-refractivity contribution is -0.162. The second kappa shape index (κ2) is 40.4. The van der Waals surface area contributed by atoms with E-state index >= 15 is 0 Å². The van der Waals surface area contributed by atoms with Gasteiger partial charge in [-0.25, -0.2) is 5.06 Å². The van der Waals surface area contributed by atoms with Gasteiger partial charge in [-0.3, -0.25) is 9.63 Å². The predicted molar refractivity (Wildman–Crippen MR) is 539 cm³/mol. The maximum Gasteiger partial charge on any atom is 0.269 e. The number of hydrogen-bond acceptors (Lipinski definition) is 10. The Balaban J connectivity index is 0.000000255. The average molecular weight is 1800 g/mol. The number of carbonyl (C=O) groups excluding carboxylic acids is 3. The molecular weight excluding hydrogens is 1620 g/mol. The van der Waals surface area contributed by atoms with E-state index in [1.54, 1.807) is 29.8 Å². The standard InChI is InChI=1S/C38H67NO4Si2.2C34H60O3Si2/c1-27(18-23-35(40)39(10)41-11)32-21-22-33-29(17-16-24-38(32,33)9)19-20-30-25-31(42-44(12,13)36(3,4)5)26-34(28(30)2)43-45(14,15)37(6,7)8;2*1-24(23-35)29-18-19-30-26(15-14-20-34(29,30)9)16-17-27-21-28(36-38(10,11)32(3,4)5)22-31(25(27)2)37-39(12,13)33(6,7)8/h18-20,23,27,31-34H,2,16-17,21-22,24-26H2,1,3-15H3;2*16-17,23-24,28-31H,2,14-15,18-22H2,1,3-13H3/b23-18+,29-19+,30-20-;26-16+,27-17+;26-16+,27-17-/t27-,31?,32?,33?,34?,38+;2*24-,28?,29?,30?,31?,34+/m000/s1. The minimum atomic E-state index is -2.00. The molecule has 12 unspecified atom stereocenters. The monoisotopic (exact) mass is 1800 g/mol. The Morgan fingerprint density at radius 1 is 0.390 bits per heavy atom. The summed E-state index contributed by atoms with van der Waals surface area (Å²) in [6.45, 7) is 98.0. The van der Waals surface area contributed by atoms with Gasteiger partial charge >= 0.3 is 0 Å². The fraction of sp³-hybridized carbons (Fsp3) is 0.783. The van der Waals surface area contributed by atoms with Crippen LogP contribution < -0.4 is 0 Å². The highest BCUT2D eigenvalue weighted by molar-refractivity contribution is 6.76. The molecule has 0 aromatic carbocycles. The van der Waals surface area contributed by atoms with Crippen molar-refractivity contribution >= 4 is 68.4 Å². The van der Waals surface area contributed by atoms with E-state index in [1.165, 1.54) is 138 Å². The molecule has 9 saturated carbocycles. The van der Waals surface area contributed by atoms with Crippen LogP contribution in [0.25, 0.3) is 0 Å². The third kappa shape index (κ3) is 25.2. The van der Waals surface area contributed by atoms with Crippen molar-refractivity contribution in [3.8, 4) is 0 Å². The van der Waals surface area contributed by atoms with Crippen LogP contribution in [0.3, 0.4) is 0 Å². The van der Waals surface area contributed by atoms with Crippen molar-refractivity contribution in [2.75, 3.05) is 14.2 Å². The van der Waals surface area contributed by atoms with E-state index in [-0.39, 0.29) is 101 Å². The Morgan fingerprint density at radius 3 is 0.854 bits per heavy atom. The summed E-state index contributed by atoms with van der Waals surface area (Å²) in [6, 6.07) is 0. The molecule has 0 radical (unpaired) electrons. The van der Waals surface area contributed by atoms with Crippen molar-refractivity contribution < 1.29 is 45.8 Å². The summed E-state index contributed by atoms with van der Waals surface area (Å²) in [5, 5.41) is 2.22. The SMILES string of the molecule is C=C1/C(=C/C=C2\CCC[C@@]3(C)C2CCC3[C@@H](C)C=O)CC(O[Si](C)(C)C(C)(C)C)CC1O[Si](C)(C)C(C)(C)C.C=C1/C(=C\C=C2/CCC[C@@]3(C)C2CCC3[C@@H](C)/C=C/C(=O)N(C)OC)CC(O[Si](C)(C)C(C)(C)C)CC1O[Si](C)(C)C(C)(C)C.C=C1/C(=C\C=C2/CCC[C@@]3(C)C2CCC3[C@@H](C)C=O)CC(O[Si](C)(C)C(C)(C)C)CC1O[Si](C)(C)C(C)(C)C. The van der Waals surface area contributed by atoms with Gasteiger partial charge in [-0.2, -0.15) is 0 Å². The van der Waals surface area contributed by atoms with Gasteiger partial charge in [0.05, 0.1) is 43.7 Å². The number of amides is 1. The molecule has 0 heterocycles. The first-order valence-electron chi connectivity index (χ1n) is 48.7. The molecule has 0 aliphatic heterocycles. The van der Waals surface area contributed by atoms with Gasteiger partial charge in [-0.05, 0) is 315 Å². The predicted octanol–water partition coefficient (Wildman–Crippen LogP) is 30.4. The second-order valence-corrected chi connectivity index (χ2v) is 78.8. The topological polar surface area (TPSA) is 119 Å².